The second-order valence-electron chi connectivity index (χ2n) is 6.57. The van der Waals surface area contributed by atoms with Gasteiger partial charge in [0.15, 0.2) is 11.6 Å². The first-order valence-corrected chi connectivity index (χ1v) is 10.7. The summed E-state index contributed by atoms with van der Waals surface area (Å²) in [5.74, 6) is 4.86. The van der Waals surface area contributed by atoms with E-state index in [1.165, 1.54) is 12.3 Å². The molecule has 0 spiro atoms. The number of rotatable bonds is 5. The van der Waals surface area contributed by atoms with Crippen LogP contribution in [-0.2, 0) is 0 Å². The maximum atomic E-state index is 13.4. The number of aromatic nitrogens is 1. The van der Waals surface area contributed by atoms with Crippen LogP contribution in [0.4, 0.5) is 14.5 Å². The van der Waals surface area contributed by atoms with Crippen LogP contribution in [0.5, 0.6) is 11.5 Å². The van der Waals surface area contributed by atoms with E-state index in [1.807, 2.05) is 30.3 Å². The molecule has 0 bridgehead atoms. The number of hydrogen-bond donors (Lipinski definition) is 1. The fraction of sp³-hybridized carbons (Fsp3) is 0. The third-order valence-corrected chi connectivity index (χ3v) is 5.99. The van der Waals surface area contributed by atoms with Crippen molar-refractivity contribution in [2.24, 2.45) is 15.9 Å². The summed E-state index contributed by atoms with van der Waals surface area (Å²) in [5.41, 5.74) is 1.62. The smallest absolute Gasteiger partial charge is 0.160 e. The monoisotopic (exact) mass is 562 g/mol. The summed E-state index contributed by atoms with van der Waals surface area (Å²) in [7, 11) is 0. The molecular weight excluding hydrogens is 549 g/mol. The number of halogens is 4. The number of nitrogens with two attached hydrogens (primary N) is 1. The van der Waals surface area contributed by atoms with Crippen LogP contribution in [-0.4, -0.2) is 16.9 Å². The Morgan fingerprint density at radius 2 is 1.88 bits per heavy atom. The van der Waals surface area contributed by atoms with Crippen LogP contribution in [0, 0.1) is 15.2 Å². The van der Waals surface area contributed by atoms with Crippen molar-refractivity contribution in [1.29, 1.82) is 0 Å². The summed E-state index contributed by atoms with van der Waals surface area (Å²) < 4.78 is 33.4. The van der Waals surface area contributed by atoms with E-state index < -0.39 is 11.6 Å². The second-order valence-corrected chi connectivity index (χ2v) is 8.14. The molecular formula is C23H14ClF2IN4O. The summed E-state index contributed by atoms with van der Waals surface area (Å²) in [5, 5.41) is 5.16. The number of hydrazone groups is 1. The lowest BCUT2D eigenvalue weighted by molar-refractivity contribution is 0.488. The summed E-state index contributed by atoms with van der Waals surface area (Å²) in [4.78, 5) is 8.69. The second kappa shape index (κ2) is 9.58. The maximum absolute atomic E-state index is 13.4. The summed E-state index contributed by atoms with van der Waals surface area (Å²) in [6.07, 6.45) is 1.34. The van der Waals surface area contributed by atoms with E-state index in [0.29, 0.717) is 27.7 Å². The van der Waals surface area contributed by atoms with E-state index in [9.17, 15) is 8.78 Å². The number of benzene rings is 3. The lowest BCUT2D eigenvalue weighted by Crippen LogP contribution is -2.08. The van der Waals surface area contributed by atoms with Crippen LogP contribution < -0.4 is 10.6 Å². The molecule has 1 heterocycles. The Kier molecular flexibility index (Phi) is 6.61. The summed E-state index contributed by atoms with van der Waals surface area (Å²) >= 11 is 8.22. The van der Waals surface area contributed by atoms with Crippen LogP contribution in [0.15, 0.2) is 76.8 Å². The van der Waals surface area contributed by atoms with Gasteiger partial charge in [-0.15, -0.1) is 0 Å². The third-order valence-electron chi connectivity index (χ3n) is 4.45. The minimum atomic E-state index is -0.988. The molecule has 0 amide bonds. The van der Waals surface area contributed by atoms with Crippen LogP contribution >= 0.6 is 34.2 Å². The van der Waals surface area contributed by atoms with Crippen molar-refractivity contribution in [3.63, 3.8) is 0 Å². The molecule has 9 heteroatoms. The first-order valence-electron chi connectivity index (χ1n) is 9.24. The van der Waals surface area contributed by atoms with E-state index in [1.54, 1.807) is 18.2 Å². The fourth-order valence-electron chi connectivity index (χ4n) is 2.89. The highest BCUT2D eigenvalue weighted by Gasteiger charge is 2.10. The van der Waals surface area contributed by atoms with Crippen LogP contribution in [0.3, 0.4) is 0 Å². The predicted octanol–water partition coefficient (Wildman–Crippen LogP) is 6.63. The molecule has 1 aromatic heterocycles. The largest absolute Gasteiger partial charge is 0.457 e. The Labute approximate surface area is 200 Å². The van der Waals surface area contributed by atoms with E-state index in [2.05, 4.69) is 37.7 Å². The number of pyridine rings is 1. The molecule has 160 valence electrons. The van der Waals surface area contributed by atoms with E-state index in [4.69, 9.17) is 22.2 Å². The molecule has 4 rings (SSSR count). The van der Waals surface area contributed by atoms with Crippen LogP contribution in [0.2, 0.25) is 5.02 Å². The zero-order valence-electron chi connectivity index (χ0n) is 16.3. The normalized spacial score (nSPS) is 11.9. The first kappa shape index (κ1) is 22.1. The number of nitrogens with zero attached hydrogens (tertiary/aromatic N) is 3. The minimum absolute atomic E-state index is 0.221. The van der Waals surface area contributed by atoms with Crippen LogP contribution in [0.25, 0.3) is 10.9 Å². The van der Waals surface area contributed by atoms with Crippen molar-refractivity contribution < 1.29 is 13.5 Å². The Morgan fingerprint density at radius 3 is 2.62 bits per heavy atom. The maximum Gasteiger partial charge on any atom is 0.160 e. The quantitative estimate of drug-likeness (QED) is 0.128. The molecule has 32 heavy (non-hydrogen) atoms. The molecule has 3 aromatic carbocycles. The van der Waals surface area contributed by atoms with Crippen molar-refractivity contribution >= 4 is 62.7 Å². The molecule has 0 saturated carbocycles. The van der Waals surface area contributed by atoms with Gasteiger partial charge in [0.05, 0.1) is 28.1 Å². The molecule has 0 unspecified atom stereocenters. The molecule has 0 saturated heterocycles. The fourth-order valence-corrected chi connectivity index (χ4v) is 3.50. The van der Waals surface area contributed by atoms with Crippen molar-refractivity contribution in [2.75, 3.05) is 0 Å². The summed E-state index contributed by atoms with van der Waals surface area (Å²) in [6.45, 7) is 0. The summed E-state index contributed by atoms with van der Waals surface area (Å²) in [6, 6.07) is 17.8. The Hall–Kier alpha value is -3.11. The molecule has 0 fully saturated rings. The number of fused-ring (bicyclic) bond motifs is 1. The molecule has 0 aliphatic rings. The van der Waals surface area contributed by atoms with Gasteiger partial charge in [0, 0.05) is 15.0 Å². The molecule has 0 aliphatic carbocycles. The van der Waals surface area contributed by atoms with Gasteiger partial charge in [0.25, 0.3) is 0 Å². The van der Waals surface area contributed by atoms with Gasteiger partial charge < -0.3 is 10.6 Å². The van der Waals surface area contributed by atoms with Gasteiger partial charge in [-0.1, -0.05) is 17.7 Å². The average molecular weight is 563 g/mol. The Bertz CT molecular complexity index is 1380. The molecule has 5 nitrogen and oxygen atoms in total. The van der Waals surface area contributed by atoms with Gasteiger partial charge in [-0.3, -0.25) is 4.99 Å². The highest BCUT2D eigenvalue weighted by Crippen LogP contribution is 2.31. The highest BCUT2D eigenvalue weighted by molar-refractivity contribution is 14.1. The third kappa shape index (κ3) is 4.86. The number of hydrogen-bond acceptors (Lipinski definition) is 5. The van der Waals surface area contributed by atoms with Crippen molar-refractivity contribution in [2.45, 2.75) is 0 Å². The lowest BCUT2D eigenvalue weighted by Gasteiger charge is -2.10. The molecule has 2 N–H and O–H groups in total. The standard InChI is InChI=1S/C23H14ClF2IN4O/c24-16-7-5-14(11-19(16)27)32-23-3-1-2-20-15(23)6-9-21(30-20)22(31-28)12-29-13-4-8-17(25)18(26)10-13/h1-12H,28H2. The topological polar surface area (TPSA) is 72.9 Å². The average Bonchev–Trinajstić information content (AvgIpc) is 2.79. The lowest BCUT2D eigenvalue weighted by atomic mass is 10.1. The molecule has 0 atom stereocenters. The van der Waals surface area contributed by atoms with E-state index >= 15 is 0 Å². The number of aliphatic imine (C=N–C) groups is 1. The SMILES string of the molecule is NN=C(C=Nc1ccc(F)c(F)c1)c1ccc2c(Oc3ccc(Cl)c(I)c3)cccc2n1. The Morgan fingerprint density at radius 1 is 1.03 bits per heavy atom. The zero-order valence-corrected chi connectivity index (χ0v) is 19.2. The number of ether oxygens (including phenoxy) is 1. The molecule has 0 aliphatic heterocycles. The van der Waals surface area contributed by atoms with Gasteiger partial charge >= 0.3 is 0 Å². The van der Waals surface area contributed by atoms with Crippen molar-refractivity contribution in [1.82, 2.24) is 4.98 Å². The van der Waals surface area contributed by atoms with Crippen molar-refractivity contribution in [3.8, 4) is 11.5 Å². The van der Waals surface area contributed by atoms with Gasteiger partial charge in [0.1, 0.15) is 17.2 Å². The van der Waals surface area contributed by atoms with Gasteiger partial charge in [-0.25, -0.2) is 13.8 Å². The highest BCUT2D eigenvalue weighted by atomic mass is 127. The zero-order chi connectivity index (χ0) is 22.7. The van der Waals surface area contributed by atoms with E-state index in [-0.39, 0.29) is 11.4 Å². The van der Waals surface area contributed by atoms with Gasteiger partial charge in [0.2, 0.25) is 0 Å². The van der Waals surface area contributed by atoms with Crippen molar-refractivity contribution in [3.05, 3.63) is 92.7 Å². The van der Waals surface area contributed by atoms with E-state index in [0.717, 1.165) is 21.1 Å². The minimum Gasteiger partial charge on any atom is -0.457 e. The molecule has 4 aromatic rings. The van der Waals surface area contributed by atoms with Gasteiger partial charge in [-0.05, 0) is 77.2 Å². The first-order chi connectivity index (χ1) is 15.4. The predicted molar refractivity (Wildman–Crippen MR) is 131 cm³/mol. The van der Waals surface area contributed by atoms with Gasteiger partial charge in [-0.2, -0.15) is 5.10 Å². The molecule has 0 radical (unpaired) electrons. The Balaban J connectivity index is 1.63. The van der Waals surface area contributed by atoms with Crippen LogP contribution in [0.1, 0.15) is 5.69 Å².